The van der Waals surface area contributed by atoms with Gasteiger partial charge in [0.15, 0.2) is 6.10 Å². The van der Waals surface area contributed by atoms with E-state index in [0.29, 0.717) is 11.4 Å². The maximum absolute atomic E-state index is 12.2. The van der Waals surface area contributed by atoms with Crippen LogP contribution in [0.4, 0.5) is 5.69 Å². The summed E-state index contributed by atoms with van der Waals surface area (Å²) in [5, 5.41) is 2.63. The summed E-state index contributed by atoms with van der Waals surface area (Å²) >= 11 is 0. The Morgan fingerprint density at radius 3 is 2.28 bits per heavy atom. The average molecular weight is 418 g/mol. The van der Waals surface area contributed by atoms with Crippen LogP contribution in [0.1, 0.15) is 17.3 Å². The molecule has 1 atom stereocenters. The van der Waals surface area contributed by atoms with Gasteiger partial charge in [-0.05, 0) is 55.5 Å². The summed E-state index contributed by atoms with van der Waals surface area (Å²) in [5.41, 5.74) is 0.650. The smallest absolute Gasteiger partial charge is 0.338 e. The second kappa shape index (κ2) is 9.85. The van der Waals surface area contributed by atoms with Crippen molar-refractivity contribution in [2.75, 3.05) is 19.0 Å². The van der Waals surface area contributed by atoms with E-state index in [1.54, 1.807) is 24.3 Å². The first-order valence-electron chi connectivity index (χ1n) is 8.63. The zero-order chi connectivity index (χ0) is 21.4. The molecule has 0 fully saturated rings. The summed E-state index contributed by atoms with van der Waals surface area (Å²) in [5.74, 6) is -0.602. The molecule has 0 heterocycles. The third-order valence-electron chi connectivity index (χ3n) is 3.83. The summed E-state index contributed by atoms with van der Waals surface area (Å²) in [7, 11) is -2.15. The number of carbonyl (C=O) groups excluding carboxylic acids is 2. The fraction of sp³-hybridized carbons (Fsp3) is 0.200. The molecule has 0 unspecified atom stereocenters. The Hall–Kier alpha value is -3.17. The number of ether oxygens (including phenoxy) is 2. The van der Waals surface area contributed by atoms with Gasteiger partial charge in [0.05, 0.1) is 17.6 Å². The standard InChI is InChI=1S/C20H22N2O6S/c1-4-13-21-29(25,26)18-11-5-15(6-12-18)20(24)28-14(2)19(23)22-16-7-9-17(27-3)10-8-16/h4-12,14,21H,1,13H2,2-3H3,(H,22,23)/t14-/m0/s1. The summed E-state index contributed by atoms with van der Waals surface area (Å²) in [6, 6.07) is 11.9. The van der Waals surface area contributed by atoms with E-state index in [9.17, 15) is 18.0 Å². The molecule has 154 valence electrons. The van der Waals surface area contributed by atoms with Crippen molar-refractivity contribution in [3.8, 4) is 5.75 Å². The molecular weight excluding hydrogens is 396 g/mol. The quantitative estimate of drug-likeness (QED) is 0.478. The van der Waals surface area contributed by atoms with Crippen LogP contribution in [-0.2, 0) is 19.6 Å². The molecule has 0 aliphatic rings. The number of benzene rings is 2. The van der Waals surface area contributed by atoms with E-state index in [2.05, 4.69) is 16.6 Å². The molecule has 2 aromatic rings. The number of methoxy groups -OCH3 is 1. The highest BCUT2D eigenvalue weighted by molar-refractivity contribution is 7.89. The van der Waals surface area contributed by atoms with Crippen LogP contribution in [0, 0.1) is 0 Å². The Morgan fingerprint density at radius 2 is 1.72 bits per heavy atom. The first-order chi connectivity index (χ1) is 13.8. The van der Waals surface area contributed by atoms with E-state index in [-0.39, 0.29) is 17.0 Å². The van der Waals surface area contributed by atoms with E-state index in [1.165, 1.54) is 44.4 Å². The third kappa shape index (κ3) is 6.16. The Balaban J connectivity index is 1.97. The summed E-state index contributed by atoms with van der Waals surface area (Å²) < 4.78 is 36.6. The van der Waals surface area contributed by atoms with Gasteiger partial charge >= 0.3 is 5.97 Å². The van der Waals surface area contributed by atoms with Gasteiger partial charge < -0.3 is 14.8 Å². The van der Waals surface area contributed by atoms with Crippen LogP contribution in [0.25, 0.3) is 0 Å². The molecular formula is C20H22N2O6S. The molecule has 0 aliphatic heterocycles. The summed E-state index contributed by atoms with van der Waals surface area (Å²) in [6.07, 6.45) is 0.365. The van der Waals surface area contributed by atoms with Crippen molar-refractivity contribution in [3.63, 3.8) is 0 Å². The Bertz CT molecular complexity index is 969. The van der Waals surface area contributed by atoms with Crippen LogP contribution in [0.15, 0.2) is 66.1 Å². The van der Waals surface area contributed by atoms with Gasteiger partial charge in [-0.1, -0.05) is 6.08 Å². The number of nitrogens with one attached hydrogen (secondary N) is 2. The van der Waals surface area contributed by atoms with Crippen LogP contribution in [0.3, 0.4) is 0 Å². The van der Waals surface area contributed by atoms with Crippen molar-refractivity contribution >= 4 is 27.6 Å². The number of amides is 1. The van der Waals surface area contributed by atoms with Gasteiger partial charge in [-0.2, -0.15) is 0 Å². The zero-order valence-corrected chi connectivity index (χ0v) is 16.9. The van der Waals surface area contributed by atoms with Crippen molar-refractivity contribution in [3.05, 3.63) is 66.7 Å². The van der Waals surface area contributed by atoms with Crippen LogP contribution in [0.5, 0.6) is 5.75 Å². The molecule has 0 bridgehead atoms. The van der Waals surface area contributed by atoms with Crippen molar-refractivity contribution in [2.45, 2.75) is 17.9 Å². The predicted octanol–water partition coefficient (Wildman–Crippen LogP) is 2.34. The third-order valence-corrected chi connectivity index (χ3v) is 5.27. The maximum Gasteiger partial charge on any atom is 0.338 e. The highest BCUT2D eigenvalue weighted by atomic mass is 32.2. The molecule has 0 aromatic heterocycles. The zero-order valence-electron chi connectivity index (χ0n) is 16.0. The first kappa shape index (κ1) is 22.1. The van der Waals surface area contributed by atoms with Crippen LogP contribution in [-0.4, -0.2) is 40.1 Å². The van der Waals surface area contributed by atoms with E-state index < -0.39 is 28.0 Å². The monoisotopic (exact) mass is 418 g/mol. The van der Waals surface area contributed by atoms with E-state index in [1.807, 2.05) is 0 Å². The van der Waals surface area contributed by atoms with Gasteiger partial charge in [-0.3, -0.25) is 4.79 Å². The topological polar surface area (TPSA) is 111 Å². The second-order valence-electron chi connectivity index (χ2n) is 5.93. The van der Waals surface area contributed by atoms with Gasteiger partial charge in [0, 0.05) is 12.2 Å². The molecule has 9 heteroatoms. The summed E-state index contributed by atoms with van der Waals surface area (Å²) in [4.78, 5) is 24.4. The molecule has 29 heavy (non-hydrogen) atoms. The van der Waals surface area contributed by atoms with E-state index >= 15 is 0 Å². The Kier molecular flexibility index (Phi) is 7.52. The predicted molar refractivity (Wildman–Crippen MR) is 108 cm³/mol. The number of hydrogen-bond donors (Lipinski definition) is 2. The van der Waals surface area contributed by atoms with Gasteiger partial charge in [0.25, 0.3) is 5.91 Å². The average Bonchev–Trinajstić information content (AvgIpc) is 2.72. The molecule has 2 N–H and O–H groups in total. The lowest BCUT2D eigenvalue weighted by molar-refractivity contribution is -0.123. The molecule has 0 saturated heterocycles. The number of rotatable bonds is 9. The van der Waals surface area contributed by atoms with Gasteiger partial charge in [0.1, 0.15) is 5.75 Å². The number of hydrogen-bond acceptors (Lipinski definition) is 6. The Labute approximate surface area is 169 Å². The van der Waals surface area contributed by atoms with Gasteiger partial charge in [0.2, 0.25) is 10.0 Å². The fourth-order valence-electron chi connectivity index (χ4n) is 2.22. The van der Waals surface area contributed by atoms with Crippen molar-refractivity contribution in [2.24, 2.45) is 0 Å². The van der Waals surface area contributed by atoms with Crippen molar-refractivity contribution < 1.29 is 27.5 Å². The highest BCUT2D eigenvalue weighted by Gasteiger charge is 2.20. The summed E-state index contributed by atoms with van der Waals surface area (Å²) in [6.45, 7) is 4.97. The second-order valence-corrected chi connectivity index (χ2v) is 7.70. The molecule has 0 saturated carbocycles. The molecule has 8 nitrogen and oxygen atoms in total. The van der Waals surface area contributed by atoms with Crippen LogP contribution < -0.4 is 14.8 Å². The molecule has 2 rings (SSSR count). The van der Waals surface area contributed by atoms with Crippen molar-refractivity contribution in [1.82, 2.24) is 4.72 Å². The lowest BCUT2D eigenvalue weighted by Crippen LogP contribution is -2.30. The highest BCUT2D eigenvalue weighted by Crippen LogP contribution is 2.16. The van der Waals surface area contributed by atoms with Crippen LogP contribution in [0.2, 0.25) is 0 Å². The molecule has 0 aliphatic carbocycles. The molecule has 1 amide bonds. The largest absolute Gasteiger partial charge is 0.497 e. The number of esters is 1. The van der Waals surface area contributed by atoms with Gasteiger partial charge in [-0.25, -0.2) is 17.9 Å². The molecule has 0 radical (unpaired) electrons. The normalized spacial score (nSPS) is 11.9. The van der Waals surface area contributed by atoms with Crippen molar-refractivity contribution in [1.29, 1.82) is 0 Å². The first-order valence-corrected chi connectivity index (χ1v) is 10.1. The number of anilines is 1. The van der Waals surface area contributed by atoms with E-state index in [4.69, 9.17) is 9.47 Å². The number of sulfonamides is 1. The van der Waals surface area contributed by atoms with Crippen LogP contribution >= 0.6 is 0 Å². The minimum absolute atomic E-state index is 0.00111. The van der Waals surface area contributed by atoms with E-state index in [0.717, 1.165) is 0 Å². The minimum atomic E-state index is -3.69. The number of carbonyl (C=O) groups is 2. The lowest BCUT2D eigenvalue weighted by Gasteiger charge is -2.14. The SMILES string of the molecule is C=CCNS(=O)(=O)c1ccc(C(=O)O[C@@H](C)C(=O)Nc2ccc(OC)cc2)cc1. The maximum atomic E-state index is 12.2. The fourth-order valence-corrected chi connectivity index (χ4v) is 3.22. The Morgan fingerprint density at radius 1 is 1.10 bits per heavy atom. The minimum Gasteiger partial charge on any atom is -0.497 e. The lowest BCUT2D eigenvalue weighted by atomic mass is 10.2. The molecule has 2 aromatic carbocycles. The molecule has 0 spiro atoms. The van der Waals surface area contributed by atoms with Gasteiger partial charge in [-0.15, -0.1) is 6.58 Å².